The van der Waals surface area contributed by atoms with Gasteiger partial charge in [-0.05, 0) is 31.6 Å². The predicted molar refractivity (Wildman–Crippen MR) is 73.4 cm³/mol. The summed E-state index contributed by atoms with van der Waals surface area (Å²) in [5.74, 6) is 0.709. The Labute approximate surface area is 113 Å². The minimum atomic E-state index is -3.71. The molecule has 2 N–H and O–H groups in total. The Balaban J connectivity index is 2.07. The van der Waals surface area contributed by atoms with Crippen LogP contribution in [0.2, 0.25) is 0 Å². The highest BCUT2D eigenvalue weighted by Crippen LogP contribution is 2.27. The molecule has 0 unspecified atom stereocenters. The van der Waals surface area contributed by atoms with Crippen molar-refractivity contribution in [3.05, 3.63) is 28.7 Å². The Morgan fingerprint density at radius 3 is 2.58 bits per heavy atom. The zero-order chi connectivity index (χ0) is 13.9. The van der Waals surface area contributed by atoms with Gasteiger partial charge in [0.1, 0.15) is 4.90 Å². The number of H-pyrrole nitrogens is 1. The first-order chi connectivity index (χ1) is 9.03. The van der Waals surface area contributed by atoms with Crippen molar-refractivity contribution in [2.45, 2.75) is 50.0 Å². The van der Waals surface area contributed by atoms with Gasteiger partial charge in [-0.1, -0.05) is 13.3 Å². The number of rotatable bonds is 4. The van der Waals surface area contributed by atoms with Crippen LogP contribution in [0.25, 0.3) is 0 Å². The molecule has 1 saturated carbocycles. The van der Waals surface area contributed by atoms with Gasteiger partial charge in [-0.3, -0.25) is 4.79 Å². The molecule has 0 aliphatic heterocycles. The molecule has 1 aromatic rings. The Morgan fingerprint density at radius 2 is 2.00 bits per heavy atom. The van der Waals surface area contributed by atoms with Crippen LogP contribution in [0, 0.1) is 5.92 Å². The number of aromatic amines is 1. The van der Waals surface area contributed by atoms with Crippen LogP contribution in [-0.4, -0.2) is 19.4 Å². The number of hydrogen-bond donors (Lipinski definition) is 2. The van der Waals surface area contributed by atoms with Crippen LogP contribution < -0.4 is 10.2 Å². The van der Waals surface area contributed by atoms with Crippen molar-refractivity contribution in [1.82, 2.24) is 9.71 Å². The summed E-state index contributed by atoms with van der Waals surface area (Å²) in [5, 5.41) is 0. The zero-order valence-electron chi connectivity index (χ0n) is 11.1. The first kappa shape index (κ1) is 14.3. The van der Waals surface area contributed by atoms with E-state index < -0.39 is 15.5 Å². The number of pyridine rings is 1. The minimum absolute atomic E-state index is 0.0487. The molecule has 1 aromatic heterocycles. The zero-order valence-corrected chi connectivity index (χ0v) is 11.9. The fourth-order valence-corrected chi connectivity index (χ4v) is 3.94. The SMILES string of the molecule is CCC1CCC(NS(=O)(=O)c2c[nH]ccc2=O)CC1. The monoisotopic (exact) mass is 284 g/mol. The van der Waals surface area contributed by atoms with Gasteiger partial charge in [-0.15, -0.1) is 0 Å². The van der Waals surface area contributed by atoms with Crippen LogP contribution >= 0.6 is 0 Å². The third-order valence-corrected chi connectivity index (χ3v) is 5.37. The summed E-state index contributed by atoms with van der Waals surface area (Å²) in [5.41, 5.74) is -0.478. The van der Waals surface area contributed by atoms with Gasteiger partial charge in [0.15, 0.2) is 0 Å². The van der Waals surface area contributed by atoms with Crippen molar-refractivity contribution in [2.24, 2.45) is 5.92 Å². The quantitative estimate of drug-likeness (QED) is 0.882. The van der Waals surface area contributed by atoms with E-state index in [0.29, 0.717) is 5.92 Å². The molecule has 6 heteroatoms. The first-order valence-electron chi connectivity index (χ1n) is 6.72. The van der Waals surface area contributed by atoms with Crippen LogP contribution in [0.5, 0.6) is 0 Å². The normalized spacial score (nSPS) is 24.3. The maximum absolute atomic E-state index is 12.1. The molecular formula is C13H20N2O3S. The minimum Gasteiger partial charge on any atom is -0.366 e. The molecule has 0 spiro atoms. The van der Waals surface area contributed by atoms with Gasteiger partial charge in [-0.2, -0.15) is 0 Å². The lowest BCUT2D eigenvalue weighted by Gasteiger charge is -2.28. The molecule has 106 valence electrons. The van der Waals surface area contributed by atoms with Crippen LogP contribution in [0.3, 0.4) is 0 Å². The average molecular weight is 284 g/mol. The topological polar surface area (TPSA) is 79.0 Å². The number of hydrogen-bond acceptors (Lipinski definition) is 3. The second-order valence-corrected chi connectivity index (χ2v) is 6.80. The van der Waals surface area contributed by atoms with Gasteiger partial charge in [0.2, 0.25) is 15.5 Å². The van der Waals surface area contributed by atoms with Crippen molar-refractivity contribution < 1.29 is 8.42 Å². The number of aromatic nitrogens is 1. The molecule has 0 bridgehead atoms. The van der Waals surface area contributed by atoms with E-state index in [4.69, 9.17) is 0 Å². The van der Waals surface area contributed by atoms with E-state index in [1.807, 2.05) is 0 Å². The van der Waals surface area contributed by atoms with Gasteiger partial charge in [0.25, 0.3) is 0 Å². The Hall–Kier alpha value is -1.14. The highest BCUT2D eigenvalue weighted by molar-refractivity contribution is 7.89. The second kappa shape index (κ2) is 5.88. The molecule has 1 aliphatic carbocycles. The summed E-state index contributed by atoms with van der Waals surface area (Å²) in [6.07, 6.45) is 7.61. The third kappa shape index (κ3) is 3.45. The van der Waals surface area contributed by atoms with E-state index in [1.165, 1.54) is 18.5 Å². The third-order valence-electron chi connectivity index (χ3n) is 3.82. The highest BCUT2D eigenvalue weighted by Gasteiger charge is 2.26. The molecule has 5 nitrogen and oxygen atoms in total. The van der Waals surface area contributed by atoms with Gasteiger partial charge < -0.3 is 4.98 Å². The van der Waals surface area contributed by atoms with Crippen molar-refractivity contribution in [1.29, 1.82) is 0 Å². The smallest absolute Gasteiger partial charge is 0.246 e. The molecule has 0 atom stereocenters. The molecule has 0 amide bonds. The number of sulfonamides is 1. The van der Waals surface area contributed by atoms with Crippen LogP contribution in [0.15, 0.2) is 28.2 Å². The van der Waals surface area contributed by atoms with E-state index in [9.17, 15) is 13.2 Å². The fraction of sp³-hybridized carbons (Fsp3) is 0.615. The van der Waals surface area contributed by atoms with Crippen LogP contribution in [0.4, 0.5) is 0 Å². The van der Waals surface area contributed by atoms with Gasteiger partial charge in [-0.25, -0.2) is 13.1 Å². The van der Waals surface area contributed by atoms with Crippen molar-refractivity contribution in [2.75, 3.05) is 0 Å². The molecular weight excluding hydrogens is 264 g/mol. The van der Waals surface area contributed by atoms with Gasteiger partial charge in [0, 0.05) is 24.5 Å². The van der Waals surface area contributed by atoms with E-state index in [1.54, 1.807) is 0 Å². The molecule has 0 radical (unpaired) electrons. The van der Waals surface area contributed by atoms with Crippen LogP contribution in [-0.2, 0) is 10.0 Å². The van der Waals surface area contributed by atoms with Crippen LogP contribution in [0.1, 0.15) is 39.0 Å². The molecule has 1 aliphatic rings. The summed E-state index contributed by atoms with van der Waals surface area (Å²) in [7, 11) is -3.71. The maximum atomic E-state index is 12.1. The summed E-state index contributed by atoms with van der Waals surface area (Å²) in [6, 6.07) is 1.18. The fourth-order valence-electron chi connectivity index (χ4n) is 2.58. The summed E-state index contributed by atoms with van der Waals surface area (Å²) < 4.78 is 26.9. The lowest BCUT2D eigenvalue weighted by Crippen LogP contribution is -2.39. The summed E-state index contributed by atoms with van der Waals surface area (Å²) >= 11 is 0. The molecule has 19 heavy (non-hydrogen) atoms. The molecule has 0 saturated heterocycles. The second-order valence-electron chi connectivity index (χ2n) is 5.12. The maximum Gasteiger partial charge on any atom is 0.246 e. The first-order valence-corrected chi connectivity index (χ1v) is 8.20. The van der Waals surface area contributed by atoms with Crippen molar-refractivity contribution >= 4 is 10.0 Å². The Bertz CT molecular complexity index is 572. The lowest BCUT2D eigenvalue weighted by atomic mass is 9.85. The van der Waals surface area contributed by atoms with Crippen molar-refractivity contribution in [3.63, 3.8) is 0 Å². The largest absolute Gasteiger partial charge is 0.366 e. The predicted octanol–water partition coefficient (Wildman–Crippen LogP) is 1.62. The Morgan fingerprint density at radius 1 is 1.32 bits per heavy atom. The molecule has 2 rings (SSSR count). The highest BCUT2D eigenvalue weighted by atomic mass is 32.2. The van der Waals surface area contributed by atoms with Crippen molar-refractivity contribution in [3.8, 4) is 0 Å². The number of nitrogens with one attached hydrogen (secondary N) is 2. The molecule has 0 aromatic carbocycles. The van der Waals surface area contributed by atoms with E-state index in [2.05, 4.69) is 16.6 Å². The molecule has 1 fully saturated rings. The Kier molecular flexibility index (Phi) is 4.42. The summed E-state index contributed by atoms with van der Waals surface area (Å²) in [6.45, 7) is 2.17. The average Bonchev–Trinajstić information content (AvgIpc) is 2.39. The van der Waals surface area contributed by atoms with Gasteiger partial charge >= 0.3 is 0 Å². The van der Waals surface area contributed by atoms with E-state index in [-0.39, 0.29) is 10.9 Å². The van der Waals surface area contributed by atoms with E-state index >= 15 is 0 Å². The van der Waals surface area contributed by atoms with Gasteiger partial charge in [0.05, 0.1) is 0 Å². The standard InChI is InChI=1S/C13H20N2O3S/c1-2-10-3-5-11(6-4-10)15-19(17,18)13-9-14-8-7-12(13)16/h7-11,15H,2-6H2,1H3,(H,14,16). The van der Waals surface area contributed by atoms with E-state index in [0.717, 1.165) is 32.1 Å². The molecule has 1 heterocycles. The lowest BCUT2D eigenvalue weighted by molar-refractivity contribution is 0.306. The summed E-state index contributed by atoms with van der Waals surface area (Å²) in [4.78, 5) is 14.0.